The number of fused-ring (bicyclic) bond motifs is 1. The molecule has 0 bridgehead atoms. The van der Waals surface area contributed by atoms with Crippen LogP contribution in [-0.4, -0.2) is 13.7 Å². The summed E-state index contributed by atoms with van der Waals surface area (Å²) in [5.74, 6) is 0.528. The first-order valence-corrected chi connectivity index (χ1v) is 5.83. The van der Waals surface area contributed by atoms with E-state index in [9.17, 15) is 0 Å². The molecule has 4 nitrogen and oxygen atoms in total. The molecule has 0 fully saturated rings. The highest BCUT2D eigenvalue weighted by Gasteiger charge is 2.35. The molecule has 1 atom stereocenters. The molecule has 2 heterocycles. The molecular formula is C10H13IN4. The van der Waals surface area contributed by atoms with Gasteiger partial charge in [0, 0.05) is 0 Å². The van der Waals surface area contributed by atoms with Crippen LogP contribution in [0.15, 0.2) is 11.3 Å². The lowest BCUT2D eigenvalue weighted by Gasteiger charge is -2.24. The predicted octanol–water partition coefficient (Wildman–Crippen LogP) is 2.34. The lowest BCUT2D eigenvalue weighted by molar-refractivity contribution is 0.328. The summed E-state index contributed by atoms with van der Waals surface area (Å²) < 4.78 is 0.917. The molecule has 0 radical (unpaired) electrons. The number of aliphatic imine (C=N–C) groups is 1. The van der Waals surface area contributed by atoms with Gasteiger partial charge in [0.05, 0.1) is 17.3 Å². The monoisotopic (exact) mass is 316 g/mol. The van der Waals surface area contributed by atoms with Crippen molar-refractivity contribution in [3.8, 4) is 0 Å². The highest BCUT2D eigenvalue weighted by atomic mass is 127. The van der Waals surface area contributed by atoms with Crippen molar-refractivity contribution in [3.63, 3.8) is 0 Å². The Hall–Kier alpha value is -0.720. The van der Waals surface area contributed by atoms with E-state index in [-0.39, 0.29) is 11.5 Å². The maximum atomic E-state index is 5.83. The van der Waals surface area contributed by atoms with E-state index in [1.54, 1.807) is 0 Å². The summed E-state index contributed by atoms with van der Waals surface area (Å²) in [6, 6.07) is 0.0877. The number of rotatable bonds is 0. The second-order valence-corrected chi connectivity index (χ2v) is 5.73. The molecule has 0 aromatic carbocycles. The third kappa shape index (κ3) is 1.73. The van der Waals surface area contributed by atoms with Crippen LogP contribution in [0.3, 0.4) is 0 Å². The van der Waals surface area contributed by atoms with E-state index in [2.05, 4.69) is 58.3 Å². The van der Waals surface area contributed by atoms with E-state index in [1.807, 2.05) is 0 Å². The van der Waals surface area contributed by atoms with Gasteiger partial charge in [-0.05, 0) is 28.0 Å². The van der Waals surface area contributed by atoms with Crippen molar-refractivity contribution >= 4 is 32.1 Å². The highest BCUT2D eigenvalue weighted by Crippen LogP contribution is 2.43. The molecule has 80 valence electrons. The molecule has 15 heavy (non-hydrogen) atoms. The van der Waals surface area contributed by atoms with Gasteiger partial charge in [-0.3, -0.25) is 4.99 Å². The van der Waals surface area contributed by atoms with E-state index in [1.165, 1.54) is 6.33 Å². The topological polar surface area (TPSA) is 64.2 Å². The van der Waals surface area contributed by atoms with E-state index < -0.39 is 0 Å². The zero-order chi connectivity index (χ0) is 11.2. The average Bonchev–Trinajstić information content (AvgIpc) is 2.44. The molecule has 0 saturated heterocycles. The fourth-order valence-corrected chi connectivity index (χ4v) is 2.51. The zero-order valence-electron chi connectivity index (χ0n) is 8.95. The van der Waals surface area contributed by atoms with Crippen molar-refractivity contribution in [1.29, 1.82) is 0 Å². The predicted molar refractivity (Wildman–Crippen MR) is 69.2 cm³/mol. The zero-order valence-corrected chi connectivity index (χ0v) is 11.1. The van der Waals surface area contributed by atoms with Gasteiger partial charge in [-0.1, -0.05) is 20.8 Å². The number of anilines is 1. The Bertz CT molecular complexity index is 434. The Balaban J connectivity index is 2.59. The van der Waals surface area contributed by atoms with Crippen molar-refractivity contribution in [1.82, 2.24) is 9.97 Å². The number of nitrogens with two attached hydrogens (primary N) is 1. The van der Waals surface area contributed by atoms with E-state index in [0.717, 1.165) is 15.0 Å². The minimum absolute atomic E-state index is 0.0580. The van der Waals surface area contributed by atoms with E-state index in [4.69, 9.17) is 5.73 Å². The van der Waals surface area contributed by atoms with Gasteiger partial charge in [0.15, 0.2) is 0 Å². The fourth-order valence-electron chi connectivity index (χ4n) is 1.68. The normalized spacial score (nSPS) is 20.0. The maximum absolute atomic E-state index is 5.83. The van der Waals surface area contributed by atoms with Crippen LogP contribution in [0, 0.1) is 5.41 Å². The summed E-state index contributed by atoms with van der Waals surface area (Å²) >= 11 is 2.19. The molecule has 2 N–H and O–H groups in total. The molecule has 2 rings (SSSR count). The Morgan fingerprint density at radius 3 is 2.60 bits per heavy atom. The molecule has 0 saturated carbocycles. The largest absolute Gasteiger partial charge is 0.383 e. The lowest BCUT2D eigenvalue weighted by atomic mass is 9.85. The summed E-state index contributed by atoms with van der Waals surface area (Å²) in [6.07, 6.45) is 1.51. The quantitative estimate of drug-likeness (QED) is 0.747. The second-order valence-electron chi connectivity index (χ2n) is 4.71. The molecule has 1 aliphatic rings. The fraction of sp³-hybridized carbons (Fsp3) is 0.500. The Morgan fingerprint density at radius 2 is 2.00 bits per heavy atom. The van der Waals surface area contributed by atoms with Crippen LogP contribution in [0.25, 0.3) is 0 Å². The average molecular weight is 316 g/mol. The van der Waals surface area contributed by atoms with Gasteiger partial charge in [-0.15, -0.1) is 0 Å². The summed E-state index contributed by atoms with van der Waals surface area (Å²) in [5, 5.41) is 0. The molecule has 1 aromatic heterocycles. The van der Waals surface area contributed by atoms with Crippen LogP contribution in [0.4, 0.5) is 5.82 Å². The summed E-state index contributed by atoms with van der Waals surface area (Å²) in [7, 11) is 0. The maximum Gasteiger partial charge on any atom is 0.137 e. The summed E-state index contributed by atoms with van der Waals surface area (Å²) in [5.41, 5.74) is 7.76. The van der Waals surface area contributed by atoms with Gasteiger partial charge in [-0.25, -0.2) is 9.97 Å². The first kappa shape index (κ1) is 10.8. The van der Waals surface area contributed by atoms with Gasteiger partial charge in [0.1, 0.15) is 15.9 Å². The summed E-state index contributed by atoms with van der Waals surface area (Å²) in [6.45, 7) is 6.45. The van der Waals surface area contributed by atoms with Crippen molar-refractivity contribution in [2.45, 2.75) is 26.8 Å². The molecule has 5 heteroatoms. The molecular weight excluding hydrogens is 303 g/mol. The van der Waals surface area contributed by atoms with Gasteiger partial charge in [0.25, 0.3) is 0 Å². The van der Waals surface area contributed by atoms with Crippen molar-refractivity contribution in [2.24, 2.45) is 10.4 Å². The molecule has 0 aliphatic carbocycles. The number of halogens is 1. The van der Waals surface area contributed by atoms with Crippen LogP contribution in [0.1, 0.15) is 38.1 Å². The molecule has 1 unspecified atom stereocenters. The molecule has 1 aliphatic heterocycles. The van der Waals surface area contributed by atoms with Crippen molar-refractivity contribution in [3.05, 3.63) is 17.6 Å². The summed E-state index contributed by atoms with van der Waals surface area (Å²) in [4.78, 5) is 12.9. The van der Waals surface area contributed by atoms with Crippen LogP contribution in [0.2, 0.25) is 0 Å². The third-order valence-corrected chi connectivity index (χ3v) is 3.25. The van der Waals surface area contributed by atoms with Crippen LogP contribution in [-0.2, 0) is 0 Å². The smallest absolute Gasteiger partial charge is 0.137 e. The number of aromatic nitrogens is 2. The van der Waals surface area contributed by atoms with Crippen LogP contribution < -0.4 is 5.73 Å². The Kier molecular flexibility index (Phi) is 2.44. The Labute approximate surface area is 103 Å². The van der Waals surface area contributed by atoms with E-state index >= 15 is 0 Å². The minimum Gasteiger partial charge on any atom is -0.383 e. The van der Waals surface area contributed by atoms with Crippen LogP contribution in [0.5, 0.6) is 0 Å². The minimum atomic E-state index is 0.0580. The van der Waals surface area contributed by atoms with Crippen molar-refractivity contribution < 1.29 is 0 Å². The van der Waals surface area contributed by atoms with Crippen LogP contribution >= 0.6 is 22.6 Å². The standard InChI is InChI=1S/C10H13IN4/c1-10(2,3)7-6-5(8(11)15-7)9(12)14-4-13-6/h4,7H,1-3H3,(H2,12,13,14). The second kappa shape index (κ2) is 3.40. The number of hydrogen-bond acceptors (Lipinski definition) is 4. The van der Waals surface area contributed by atoms with Crippen molar-refractivity contribution in [2.75, 3.05) is 5.73 Å². The van der Waals surface area contributed by atoms with Gasteiger partial charge < -0.3 is 5.73 Å². The molecule has 0 amide bonds. The SMILES string of the molecule is CC(C)(C)C1N=C(I)c2c(N)ncnc21. The number of nitrogen functional groups attached to an aromatic ring is 1. The first-order chi connectivity index (χ1) is 6.91. The third-order valence-electron chi connectivity index (χ3n) is 2.43. The molecule has 0 spiro atoms. The number of nitrogens with zero attached hydrogens (tertiary/aromatic N) is 3. The van der Waals surface area contributed by atoms with Gasteiger partial charge >= 0.3 is 0 Å². The van der Waals surface area contributed by atoms with Gasteiger partial charge in [-0.2, -0.15) is 0 Å². The first-order valence-electron chi connectivity index (χ1n) is 4.75. The number of hydrogen-bond donors (Lipinski definition) is 1. The highest BCUT2D eigenvalue weighted by molar-refractivity contribution is 14.1. The molecule has 1 aromatic rings. The van der Waals surface area contributed by atoms with Gasteiger partial charge in [0.2, 0.25) is 0 Å². The lowest BCUT2D eigenvalue weighted by Crippen LogP contribution is -2.16. The Morgan fingerprint density at radius 1 is 1.33 bits per heavy atom. The van der Waals surface area contributed by atoms with E-state index in [0.29, 0.717) is 5.82 Å².